The molecular weight excluding hydrogens is 276 g/mol. The monoisotopic (exact) mass is 294 g/mol. The van der Waals surface area contributed by atoms with Gasteiger partial charge in [-0.05, 0) is 36.7 Å². The summed E-state index contributed by atoms with van der Waals surface area (Å²) in [5.74, 6) is 0. The number of pyridine rings is 1. The molecule has 20 heavy (non-hydrogen) atoms. The Bertz CT molecular complexity index is 606. The summed E-state index contributed by atoms with van der Waals surface area (Å²) in [4.78, 5) is 16.7. The molecule has 1 atom stereocenters. The zero-order chi connectivity index (χ0) is 14.5. The van der Waals surface area contributed by atoms with Gasteiger partial charge in [0.25, 0.3) is 0 Å². The van der Waals surface area contributed by atoms with Gasteiger partial charge in [0.05, 0.1) is 11.8 Å². The summed E-state index contributed by atoms with van der Waals surface area (Å²) in [6.07, 6.45) is 2.66. The number of aromatic nitrogens is 4. The normalized spacial score (nSPS) is 12.6. The zero-order valence-corrected chi connectivity index (χ0v) is 12.4. The smallest absolute Gasteiger partial charge is 0.343 e. The maximum absolute atomic E-state index is 11.6. The first kappa shape index (κ1) is 14.8. The molecule has 0 aliphatic carbocycles. The van der Waals surface area contributed by atoms with Gasteiger partial charge in [0.15, 0.2) is 5.16 Å². The summed E-state index contributed by atoms with van der Waals surface area (Å²) in [7, 11) is 0. The van der Waals surface area contributed by atoms with Crippen molar-refractivity contribution in [2.24, 2.45) is 0 Å². The molecule has 2 rings (SSSR count). The lowest BCUT2D eigenvalue weighted by Crippen LogP contribution is -2.17. The summed E-state index contributed by atoms with van der Waals surface area (Å²) < 4.78 is 1.61. The first-order valence-corrected chi connectivity index (χ1v) is 7.44. The minimum absolute atomic E-state index is 0.194. The first-order chi connectivity index (χ1) is 9.65. The van der Waals surface area contributed by atoms with Crippen LogP contribution in [-0.4, -0.2) is 24.9 Å². The topological polar surface area (TPSA) is 83.8 Å². The molecule has 0 aromatic carbocycles. The quantitative estimate of drug-likeness (QED) is 0.851. The number of H-pyrrole nitrogens is 1. The van der Waals surface area contributed by atoms with Gasteiger partial charge in [-0.25, -0.2) is 9.89 Å². The Hall–Kier alpha value is -1.60. The third-order valence-electron chi connectivity index (χ3n) is 2.87. The predicted molar refractivity (Wildman–Crippen MR) is 76.7 cm³/mol. The van der Waals surface area contributed by atoms with Crippen LogP contribution in [0.1, 0.15) is 38.5 Å². The van der Waals surface area contributed by atoms with Crippen molar-refractivity contribution >= 4 is 11.8 Å². The largest absolute Gasteiger partial charge is 0.387 e. The molecule has 0 unspecified atom stereocenters. The van der Waals surface area contributed by atoms with Crippen molar-refractivity contribution in [3.63, 3.8) is 0 Å². The molecule has 0 aliphatic rings. The van der Waals surface area contributed by atoms with Crippen molar-refractivity contribution in [2.45, 2.75) is 49.4 Å². The molecule has 7 heteroatoms. The molecule has 2 N–H and O–H groups in total. The molecule has 0 amide bonds. The van der Waals surface area contributed by atoms with E-state index in [1.54, 1.807) is 16.8 Å². The Labute approximate surface area is 121 Å². The van der Waals surface area contributed by atoms with Crippen LogP contribution in [0.5, 0.6) is 0 Å². The van der Waals surface area contributed by atoms with Crippen molar-refractivity contribution < 1.29 is 5.11 Å². The van der Waals surface area contributed by atoms with E-state index >= 15 is 0 Å². The van der Waals surface area contributed by atoms with Crippen molar-refractivity contribution in [3.8, 4) is 0 Å². The molecule has 0 saturated carbocycles. The van der Waals surface area contributed by atoms with Crippen LogP contribution in [0.15, 0.2) is 33.2 Å². The van der Waals surface area contributed by atoms with Gasteiger partial charge in [-0.1, -0.05) is 13.8 Å². The Kier molecular flexibility index (Phi) is 4.97. The van der Waals surface area contributed by atoms with Gasteiger partial charge in [-0.15, -0.1) is 5.10 Å². The molecule has 0 bridgehead atoms. The number of nitrogens with zero attached hydrogens (tertiary/aromatic N) is 3. The van der Waals surface area contributed by atoms with Crippen molar-refractivity contribution in [2.75, 3.05) is 0 Å². The Balaban J connectivity index is 2.16. The summed E-state index contributed by atoms with van der Waals surface area (Å²) in [5.41, 5.74) is 0.463. The second-order valence-electron chi connectivity index (χ2n) is 4.41. The van der Waals surface area contributed by atoms with E-state index < -0.39 is 6.10 Å². The Morgan fingerprint density at radius 2 is 2.25 bits per heavy atom. The predicted octanol–water partition coefficient (Wildman–Crippen LogP) is 1.97. The van der Waals surface area contributed by atoms with Crippen LogP contribution in [0.4, 0.5) is 0 Å². The maximum atomic E-state index is 11.6. The molecular formula is C13H18N4O2S. The molecule has 0 radical (unpaired) electrons. The number of aliphatic hydroxyl groups is 1. The molecule has 108 valence electrons. The molecule has 6 nitrogen and oxygen atoms in total. The highest BCUT2D eigenvalue weighted by Gasteiger charge is 2.11. The van der Waals surface area contributed by atoms with E-state index in [9.17, 15) is 9.90 Å². The van der Waals surface area contributed by atoms with Gasteiger partial charge in [-0.3, -0.25) is 9.55 Å². The third kappa shape index (κ3) is 3.29. The van der Waals surface area contributed by atoms with Gasteiger partial charge < -0.3 is 5.11 Å². The second-order valence-corrected chi connectivity index (χ2v) is 5.45. The van der Waals surface area contributed by atoms with Crippen LogP contribution < -0.4 is 5.69 Å². The van der Waals surface area contributed by atoms with Gasteiger partial charge in [-0.2, -0.15) is 0 Å². The number of hydrogen-bond acceptors (Lipinski definition) is 5. The lowest BCUT2D eigenvalue weighted by molar-refractivity contribution is 0.169. The van der Waals surface area contributed by atoms with Crippen LogP contribution in [0, 0.1) is 0 Å². The standard InChI is InChI=1S/C13H18N4O2S/c1-3-7-17-12(19)15-16-13(17)20-9-5-6-10(14-8-9)11(18)4-2/h5-6,8,11,18H,3-4,7H2,1-2H3,(H,15,19)/t11-/m0/s1. The molecule has 2 aromatic heterocycles. The Morgan fingerprint density at radius 1 is 1.45 bits per heavy atom. The van der Waals surface area contributed by atoms with E-state index in [2.05, 4.69) is 15.2 Å². The minimum atomic E-state index is -0.530. The highest BCUT2D eigenvalue weighted by molar-refractivity contribution is 7.99. The van der Waals surface area contributed by atoms with Crippen LogP contribution in [0.3, 0.4) is 0 Å². The van der Waals surface area contributed by atoms with Crippen LogP contribution in [0.2, 0.25) is 0 Å². The van der Waals surface area contributed by atoms with Crippen LogP contribution >= 0.6 is 11.8 Å². The van der Waals surface area contributed by atoms with Gasteiger partial charge in [0.2, 0.25) is 0 Å². The van der Waals surface area contributed by atoms with E-state index in [1.807, 2.05) is 19.9 Å². The van der Waals surface area contributed by atoms with Gasteiger partial charge >= 0.3 is 5.69 Å². The van der Waals surface area contributed by atoms with Crippen LogP contribution in [-0.2, 0) is 6.54 Å². The second kappa shape index (κ2) is 6.71. The van der Waals surface area contributed by atoms with E-state index in [1.165, 1.54) is 11.8 Å². The fourth-order valence-corrected chi connectivity index (χ4v) is 2.59. The van der Waals surface area contributed by atoms with Crippen LogP contribution in [0.25, 0.3) is 0 Å². The summed E-state index contributed by atoms with van der Waals surface area (Å²) in [6.45, 7) is 4.55. The highest BCUT2D eigenvalue weighted by Crippen LogP contribution is 2.25. The summed E-state index contributed by atoms with van der Waals surface area (Å²) in [5, 5.41) is 16.8. The number of rotatable bonds is 6. The highest BCUT2D eigenvalue weighted by atomic mass is 32.2. The number of aromatic amines is 1. The fraction of sp³-hybridized carbons (Fsp3) is 0.462. The molecule has 0 aliphatic heterocycles. The summed E-state index contributed by atoms with van der Waals surface area (Å²) in [6, 6.07) is 3.67. The van der Waals surface area contributed by atoms with E-state index in [0.29, 0.717) is 23.8 Å². The number of aliphatic hydroxyl groups excluding tert-OH is 1. The van der Waals surface area contributed by atoms with Gasteiger partial charge in [0, 0.05) is 17.6 Å². The van der Waals surface area contributed by atoms with E-state index in [0.717, 1.165) is 11.3 Å². The minimum Gasteiger partial charge on any atom is -0.387 e. The lowest BCUT2D eigenvalue weighted by atomic mass is 10.2. The maximum Gasteiger partial charge on any atom is 0.343 e. The molecule has 0 saturated heterocycles. The molecule has 2 heterocycles. The molecule has 0 fully saturated rings. The van der Waals surface area contributed by atoms with Crippen molar-refractivity contribution in [3.05, 3.63) is 34.5 Å². The average Bonchev–Trinajstić information content (AvgIpc) is 2.81. The zero-order valence-electron chi connectivity index (χ0n) is 11.5. The molecule has 0 spiro atoms. The Morgan fingerprint density at radius 3 is 2.85 bits per heavy atom. The number of hydrogen-bond donors (Lipinski definition) is 2. The van der Waals surface area contributed by atoms with E-state index in [-0.39, 0.29) is 5.69 Å². The number of nitrogens with one attached hydrogen (secondary N) is 1. The van der Waals surface area contributed by atoms with Crippen molar-refractivity contribution in [1.82, 2.24) is 19.7 Å². The molecule has 2 aromatic rings. The lowest BCUT2D eigenvalue weighted by Gasteiger charge is -2.07. The third-order valence-corrected chi connectivity index (χ3v) is 3.84. The van der Waals surface area contributed by atoms with Gasteiger partial charge in [0.1, 0.15) is 0 Å². The fourth-order valence-electron chi connectivity index (χ4n) is 1.77. The van der Waals surface area contributed by atoms with E-state index in [4.69, 9.17) is 0 Å². The van der Waals surface area contributed by atoms with Crippen molar-refractivity contribution in [1.29, 1.82) is 0 Å². The SMILES string of the molecule is CCCn1c(Sc2ccc([C@@H](O)CC)nc2)n[nH]c1=O. The average molecular weight is 294 g/mol. The summed E-state index contributed by atoms with van der Waals surface area (Å²) >= 11 is 1.38. The first-order valence-electron chi connectivity index (χ1n) is 6.62.